The fourth-order valence-electron chi connectivity index (χ4n) is 5.04. The summed E-state index contributed by atoms with van der Waals surface area (Å²) < 4.78 is 16.6. The molecule has 1 saturated heterocycles. The van der Waals surface area contributed by atoms with Crippen molar-refractivity contribution in [2.45, 2.75) is 51.5 Å². The molecule has 0 atom stereocenters. The second-order valence-corrected chi connectivity index (χ2v) is 10.2. The van der Waals surface area contributed by atoms with Crippen LogP contribution in [0.4, 0.5) is 10.1 Å². The number of hydrogen-bond acceptors (Lipinski definition) is 6. The molecule has 0 radical (unpaired) electrons. The second kappa shape index (κ2) is 9.63. The molecule has 2 aliphatic rings. The fraction of sp³-hybridized carbons (Fsp3) is 0.393. The van der Waals surface area contributed by atoms with Gasteiger partial charge in [-0.3, -0.25) is 14.7 Å². The van der Waals surface area contributed by atoms with Crippen LogP contribution >= 0.6 is 0 Å². The Balaban J connectivity index is 1.20. The SMILES string of the molecule is CC(C)c1cnn2ccc(-c3nc(Cc4ccc(N5CCN(C6CC6)CCC5=O)cn4)ncc3F)cc12. The zero-order valence-electron chi connectivity index (χ0n) is 21.1. The van der Waals surface area contributed by atoms with Crippen LogP contribution in [0.25, 0.3) is 16.8 Å². The largest absolute Gasteiger partial charge is 0.310 e. The number of halogens is 1. The van der Waals surface area contributed by atoms with Crippen molar-refractivity contribution in [3.63, 3.8) is 0 Å². The summed E-state index contributed by atoms with van der Waals surface area (Å²) in [6.07, 6.45) is 10.0. The van der Waals surface area contributed by atoms with Crippen LogP contribution in [-0.4, -0.2) is 61.0 Å². The van der Waals surface area contributed by atoms with Crippen molar-refractivity contribution in [3.05, 3.63) is 72.0 Å². The van der Waals surface area contributed by atoms with Crippen molar-refractivity contribution < 1.29 is 9.18 Å². The smallest absolute Gasteiger partial charge is 0.228 e. The lowest BCUT2D eigenvalue weighted by Gasteiger charge is -2.21. The minimum Gasteiger partial charge on any atom is -0.310 e. The van der Waals surface area contributed by atoms with Gasteiger partial charge in [0.15, 0.2) is 5.82 Å². The number of pyridine rings is 2. The first kappa shape index (κ1) is 23.7. The summed E-state index contributed by atoms with van der Waals surface area (Å²) in [5.41, 5.74) is 4.55. The van der Waals surface area contributed by atoms with Crippen LogP contribution in [0, 0.1) is 5.82 Å². The molecule has 0 unspecified atom stereocenters. The van der Waals surface area contributed by atoms with Gasteiger partial charge < -0.3 is 4.90 Å². The molecule has 9 heteroatoms. The molecule has 4 aromatic rings. The highest BCUT2D eigenvalue weighted by Crippen LogP contribution is 2.29. The summed E-state index contributed by atoms with van der Waals surface area (Å²) >= 11 is 0. The van der Waals surface area contributed by atoms with E-state index in [1.165, 1.54) is 19.0 Å². The highest BCUT2D eigenvalue weighted by molar-refractivity contribution is 5.93. The summed E-state index contributed by atoms with van der Waals surface area (Å²) in [4.78, 5) is 30.3. The molecule has 1 aliphatic heterocycles. The van der Waals surface area contributed by atoms with Crippen molar-refractivity contribution in [2.24, 2.45) is 0 Å². The number of anilines is 1. The molecule has 37 heavy (non-hydrogen) atoms. The maximum Gasteiger partial charge on any atom is 0.228 e. The normalized spacial score (nSPS) is 17.1. The Morgan fingerprint density at radius 2 is 1.92 bits per heavy atom. The minimum absolute atomic E-state index is 0.139. The van der Waals surface area contributed by atoms with Gasteiger partial charge in [0.05, 0.1) is 36.2 Å². The Labute approximate surface area is 215 Å². The maximum absolute atomic E-state index is 14.8. The van der Waals surface area contributed by atoms with Crippen molar-refractivity contribution >= 4 is 17.1 Å². The van der Waals surface area contributed by atoms with Gasteiger partial charge in [-0.05, 0) is 43.0 Å². The number of carbonyl (C=O) groups excluding carboxylic acids is 1. The van der Waals surface area contributed by atoms with Crippen LogP contribution in [0.5, 0.6) is 0 Å². The molecule has 0 N–H and O–H groups in total. The van der Waals surface area contributed by atoms with E-state index in [1.54, 1.807) is 10.7 Å². The molecule has 1 amide bonds. The van der Waals surface area contributed by atoms with E-state index in [0.717, 1.165) is 35.6 Å². The third kappa shape index (κ3) is 4.83. The van der Waals surface area contributed by atoms with Gasteiger partial charge in [-0.2, -0.15) is 5.10 Å². The van der Waals surface area contributed by atoms with E-state index < -0.39 is 5.82 Å². The molecule has 5 heterocycles. The van der Waals surface area contributed by atoms with Crippen LogP contribution in [0.1, 0.15) is 56.1 Å². The fourth-order valence-corrected chi connectivity index (χ4v) is 5.04. The van der Waals surface area contributed by atoms with Crippen LogP contribution in [0.3, 0.4) is 0 Å². The predicted molar refractivity (Wildman–Crippen MR) is 139 cm³/mol. The van der Waals surface area contributed by atoms with E-state index in [4.69, 9.17) is 0 Å². The highest BCUT2D eigenvalue weighted by Gasteiger charge is 2.32. The predicted octanol–water partition coefficient (Wildman–Crippen LogP) is 4.24. The monoisotopic (exact) mass is 499 g/mol. The molecule has 2 fully saturated rings. The van der Waals surface area contributed by atoms with Crippen LogP contribution in [0.15, 0.2) is 49.1 Å². The van der Waals surface area contributed by atoms with Gasteiger partial charge in [0.2, 0.25) is 5.91 Å². The Morgan fingerprint density at radius 1 is 1.05 bits per heavy atom. The van der Waals surface area contributed by atoms with E-state index in [9.17, 15) is 9.18 Å². The van der Waals surface area contributed by atoms with E-state index in [2.05, 4.69) is 38.8 Å². The average molecular weight is 500 g/mol. The third-order valence-corrected chi connectivity index (χ3v) is 7.29. The first-order valence-electron chi connectivity index (χ1n) is 12.9. The molecular formula is C28H30FN7O. The quantitative estimate of drug-likeness (QED) is 0.395. The molecule has 190 valence electrons. The number of aromatic nitrogens is 5. The number of nitrogens with zero attached hydrogens (tertiary/aromatic N) is 7. The highest BCUT2D eigenvalue weighted by atomic mass is 19.1. The molecule has 8 nitrogen and oxygen atoms in total. The lowest BCUT2D eigenvalue weighted by Crippen LogP contribution is -2.34. The molecule has 1 aliphatic carbocycles. The minimum atomic E-state index is -0.470. The first-order valence-corrected chi connectivity index (χ1v) is 12.9. The maximum atomic E-state index is 14.8. The van der Waals surface area contributed by atoms with Gasteiger partial charge in [-0.25, -0.2) is 18.9 Å². The molecule has 4 aromatic heterocycles. The Hall–Kier alpha value is -3.72. The standard InChI is InChI=1S/C28H30FN7O/c1-18(2)23-16-32-36-10-7-19(13-25(23)36)28-24(29)17-31-26(33-28)14-20-3-4-22(15-30-20)35-12-11-34(21-5-6-21)9-8-27(35)37/h3-4,7,10,13,15-18,21H,5-6,8-9,11-12,14H2,1-2H3. The number of amides is 1. The second-order valence-electron chi connectivity index (χ2n) is 10.2. The van der Waals surface area contributed by atoms with Crippen LogP contribution in [-0.2, 0) is 11.2 Å². The van der Waals surface area contributed by atoms with Gasteiger partial charge in [-0.15, -0.1) is 0 Å². The van der Waals surface area contributed by atoms with Gasteiger partial charge in [-0.1, -0.05) is 13.8 Å². The van der Waals surface area contributed by atoms with E-state index >= 15 is 0 Å². The van der Waals surface area contributed by atoms with Gasteiger partial charge in [0.25, 0.3) is 0 Å². The van der Waals surface area contributed by atoms with Crippen molar-refractivity contribution in [3.8, 4) is 11.3 Å². The summed E-state index contributed by atoms with van der Waals surface area (Å²) in [6.45, 7) is 6.63. The molecule has 1 saturated carbocycles. The lowest BCUT2D eigenvalue weighted by atomic mass is 10.0. The Kier molecular flexibility index (Phi) is 6.16. The number of fused-ring (bicyclic) bond motifs is 1. The molecule has 0 bridgehead atoms. The zero-order valence-corrected chi connectivity index (χ0v) is 21.1. The molecule has 0 aromatic carbocycles. The average Bonchev–Trinajstić information content (AvgIpc) is 3.68. The number of rotatable bonds is 6. The molecule has 0 spiro atoms. The summed E-state index contributed by atoms with van der Waals surface area (Å²) in [7, 11) is 0. The Bertz CT molecular complexity index is 1440. The van der Waals surface area contributed by atoms with Crippen LogP contribution in [0.2, 0.25) is 0 Å². The third-order valence-electron chi connectivity index (χ3n) is 7.29. The van der Waals surface area contributed by atoms with Crippen LogP contribution < -0.4 is 4.90 Å². The summed E-state index contributed by atoms with van der Waals surface area (Å²) in [6, 6.07) is 8.22. The summed E-state index contributed by atoms with van der Waals surface area (Å²) in [5.74, 6) is 0.455. The topological polar surface area (TPSA) is 79.5 Å². The van der Waals surface area contributed by atoms with Crippen molar-refractivity contribution in [1.82, 2.24) is 29.5 Å². The van der Waals surface area contributed by atoms with Gasteiger partial charge >= 0.3 is 0 Å². The number of hydrogen-bond donors (Lipinski definition) is 0. The van der Waals surface area contributed by atoms with E-state index in [-0.39, 0.29) is 11.6 Å². The number of carbonyl (C=O) groups is 1. The summed E-state index contributed by atoms with van der Waals surface area (Å²) in [5, 5.41) is 4.39. The first-order chi connectivity index (χ1) is 18.0. The van der Waals surface area contributed by atoms with Crippen molar-refractivity contribution in [2.75, 3.05) is 24.5 Å². The zero-order chi connectivity index (χ0) is 25.5. The van der Waals surface area contributed by atoms with Gasteiger partial charge in [0, 0.05) is 55.1 Å². The van der Waals surface area contributed by atoms with Crippen molar-refractivity contribution in [1.29, 1.82) is 0 Å². The van der Waals surface area contributed by atoms with E-state index in [1.807, 2.05) is 41.6 Å². The lowest BCUT2D eigenvalue weighted by molar-refractivity contribution is -0.118. The molecular weight excluding hydrogens is 469 g/mol. The van der Waals surface area contributed by atoms with E-state index in [0.29, 0.717) is 42.7 Å². The molecule has 6 rings (SSSR count). The van der Waals surface area contributed by atoms with Gasteiger partial charge in [0.1, 0.15) is 11.5 Å². The Morgan fingerprint density at radius 3 is 2.68 bits per heavy atom.